The van der Waals surface area contributed by atoms with Crippen molar-refractivity contribution in [3.63, 3.8) is 0 Å². The zero-order valence-electron chi connectivity index (χ0n) is 22.7. The van der Waals surface area contributed by atoms with Crippen molar-refractivity contribution in [2.75, 3.05) is 5.32 Å². The Hall–Kier alpha value is -5.80. The van der Waals surface area contributed by atoms with Gasteiger partial charge in [0.05, 0.1) is 33.8 Å². The van der Waals surface area contributed by atoms with E-state index in [1.165, 1.54) is 42.5 Å². The molecular weight excluding hydrogens is 585 g/mol. The molecule has 6 rings (SSSR count). The van der Waals surface area contributed by atoms with Gasteiger partial charge >= 0.3 is 0 Å². The lowest BCUT2D eigenvalue weighted by molar-refractivity contribution is -0.385. The van der Waals surface area contributed by atoms with E-state index in [1.54, 1.807) is 42.5 Å². The molecule has 1 N–H and O–H groups in total. The van der Waals surface area contributed by atoms with Gasteiger partial charge in [0, 0.05) is 27.7 Å². The third-order valence-electron chi connectivity index (χ3n) is 6.57. The molecule has 216 valence electrons. The average Bonchev–Trinajstić information content (AvgIpc) is 3.03. The van der Waals surface area contributed by atoms with Crippen LogP contribution in [0.3, 0.4) is 0 Å². The minimum Gasteiger partial charge on any atom is -0.457 e. The lowest BCUT2D eigenvalue weighted by Crippen LogP contribution is -2.13. The zero-order valence-corrected chi connectivity index (χ0v) is 23.5. The van der Waals surface area contributed by atoms with Gasteiger partial charge in [-0.05, 0) is 72.8 Å². The standard InChI is InChI=1S/C34H21ClFN3O5/c35-22-7-5-21(6-8-22)33-20-31(30-3-1-2-4-32(30)38-33)34(40)37-24-11-15-27(16-12-24)44-29-18-25(39(41)42)17-28(19-29)43-26-13-9-23(36)10-14-26/h1-20H,(H,37,40). The van der Waals surface area contributed by atoms with Crippen molar-refractivity contribution in [1.82, 2.24) is 4.98 Å². The van der Waals surface area contributed by atoms with Crippen molar-refractivity contribution >= 4 is 39.8 Å². The summed E-state index contributed by atoms with van der Waals surface area (Å²) in [6.07, 6.45) is 0. The Labute approximate surface area is 255 Å². The van der Waals surface area contributed by atoms with E-state index in [4.69, 9.17) is 26.1 Å². The number of nitro benzene ring substituents is 1. The number of halogens is 2. The molecule has 6 aromatic rings. The summed E-state index contributed by atoms with van der Waals surface area (Å²) in [4.78, 5) is 29.1. The van der Waals surface area contributed by atoms with E-state index in [0.717, 1.165) is 5.56 Å². The van der Waals surface area contributed by atoms with E-state index >= 15 is 0 Å². The molecule has 1 heterocycles. The topological polar surface area (TPSA) is 104 Å². The largest absolute Gasteiger partial charge is 0.457 e. The molecule has 0 unspecified atom stereocenters. The van der Waals surface area contributed by atoms with Crippen molar-refractivity contribution in [3.05, 3.63) is 148 Å². The predicted octanol–water partition coefficient (Wildman–Crippen LogP) is 9.44. The maximum atomic E-state index is 13.5. The van der Waals surface area contributed by atoms with Gasteiger partial charge in [0.25, 0.3) is 11.6 Å². The molecule has 0 bridgehead atoms. The van der Waals surface area contributed by atoms with Crippen LogP contribution in [0, 0.1) is 15.9 Å². The summed E-state index contributed by atoms with van der Waals surface area (Å²) in [6.45, 7) is 0. The molecule has 0 fully saturated rings. The smallest absolute Gasteiger partial charge is 0.276 e. The van der Waals surface area contributed by atoms with Crippen molar-refractivity contribution in [1.29, 1.82) is 0 Å². The van der Waals surface area contributed by atoms with Gasteiger partial charge in [-0.1, -0.05) is 41.9 Å². The number of rotatable bonds is 8. The number of non-ortho nitro benzene ring substituents is 1. The fraction of sp³-hybridized carbons (Fsp3) is 0. The second-order valence-corrected chi connectivity index (χ2v) is 10.1. The number of fused-ring (bicyclic) bond motifs is 1. The maximum absolute atomic E-state index is 13.5. The highest BCUT2D eigenvalue weighted by Crippen LogP contribution is 2.34. The average molecular weight is 606 g/mol. The SMILES string of the molecule is O=C(Nc1ccc(Oc2cc(Oc3ccc(F)cc3)cc([N+](=O)[O-])c2)cc1)c1cc(-c2ccc(Cl)cc2)nc2ccccc12. The molecule has 1 aromatic heterocycles. The molecule has 5 aromatic carbocycles. The summed E-state index contributed by atoms with van der Waals surface area (Å²) in [7, 11) is 0. The minimum absolute atomic E-state index is 0.146. The third-order valence-corrected chi connectivity index (χ3v) is 6.83. The Balaban J connectivity index is 1.21. The molecule has 0 aliphatic heterocycles. The van der Waals surface area contributed by atoms with E-state index in [2.05, 4.69) is 5.32 Å². The Morgan fingerprint density at radius 2 is 1.39 bits per heavy atom. The van der Waals surface area contributed by atoms with Gasteiger partial charge in [-0.2, -0.15) is 0 Å². The number of carbonyl (C=O) groups excluding carboxylic acids is 1. The van der Waals surface area contributed by atoms with Crippen LogP contribution >= 0.6 is 11.6 Å². The molecule has 0 saturated carbocycles. The summed E-state index contributed by atoms with van der Waals surface area (Å²) >= 11 is 6.05. The molecule has 0 radical (unpaired) electrons. The van der Waals surface area contributed by atoms with Crippen molar-refractivity contribution in [2.45, 2.75) is 0 Å². The fourth-order valence-corrected chi connectivity index (χ4v) is 4.62. The highest BCUT2D eigenvalue weighted by Gasteiger charge is 2.16. The number of hydrogen-bond donors (Lipinski definition) is 1. The van der Waals surface area contributed by atoms with Crippen LogP contribution in [0.15, 0.2) is 121 Å². The lowest BCUT2D eigenvalue weighted by Gasteiger charge is -2.12. The van der Waals surface area contributed by atoms with Gasteiger partial charge in [-0.3, -0.25) is 14.9 Å². The van der Waals surface area contributed by atoms with Gasteiger partial charge in [-0.25, -0.2) is 9.37 Å². The van der Waals surface area contributed by atoms with Gasteiger partial charge in [0.2, 0.25) is 0 Å². The number of pyridine rings is 1. The number of nitrogens with one attached hydrogen (secondary N) is 1. The van der Waals surface area contributed by atoms with Crippen LogP contribution in [0.4, 0.5) is 15.8 Å². The van der Waals surface area contributed by atoms with Crippen molar-refractivity contribution in [3.8, 4) is 34.3 Å². The zero-order chi connectivity index (χ0) is 30.6. The predicted molar refractivity (Wildman–Crippen MR) is 166 cm³/mol. The van der Waals surface area contributed by atoms with Gasteiger partial charge in [0.1, 0.15) is 28.8 Å². The number of hydrogen-bond acceptors (Lipinski definition) is 6. The highest BCUT2D eigenvalue weighted by molar-refractivity contribution is 6.30. The Morgan fingerprint density at radius 3 is 2.02 bits per heavy atom. The van der Waals surface area contributed by atoms with E-state index in [1.807, 2.05) is 36.4 Å². The normalized spacial score (nSPS) is 10.8. The number of nitrogens with zero attached hydrogens (tertiary/aromatic N) is 2. The molecule has 8 nitrogen and oxygen atoms in total. The number of amides is 1. The number of aromatic nitrogens is 1. The summed E-state index contributed by atoms with van der Waals surface area (Å²) in [6, 6.07) is 32.2. The Morgan fingerprint density at radius 1 is 0.773 bits per heavy atom. The highest BCUT2D eigenvalue weighted by atomic mass is 35.5. The Bertz CT molecular complexity index is 2000. The molecule has 1 amide bonds. The number of para-hydroxylation sites is 1. The molecule has 0 aliphatic carbocycles. The molecule has 0 saturated heterocycles. The first kappa shape index (κ1) is 28.3. The first-order valence-electron chi connectivity index (χ1n) is 13.3. The van der Waals surface area contributed by atoms with Crippen LogP contribution in [0.1, 0.15) is 10.4 Å². The fourth-order valence-electron chi connectivity index (χ4n) is 4.49. The number of anilines is 1. The molecule has 44 heavy (non-hydrogen) atoms. The van der Waals surface area contributed by atoms with Crippen LogP contribution in [0.2, 0.25) is 5.02 Å². The van der Waals surface area contributed by atoms with Crippen LogP contribution in [-0.2, 0) is 0 Å². The quantitative estimate of drug-likeness (QED) is 0.137. The summed E-state index contributed by atoms with van der Waals surface area (Å²) in [5.41, 5.74) is 2.85. The number of carbonyl (C=O) groups is 1. The monoisotopic (exact) mass is 605 g/mol. The molecular formula is C34H21ClFN3O5. The van der Waals surface area contributed by atoms with Crippen LogP contribution in [-0.4, -0.2) is 15.8 Å². The summed E-state index contributed by atoms with van der Waals surface area (Å²) in [5.74, 6) is 0.222. The van der Waals surface area contributed by atoms with Crippen LogP contribution in [0.25, 0.3) is 22.2 Å². The van der Waals surface area contributed by atoms with E-state index in [9.17, 15) is 19.3 Å². The number of ether oxygens (including phenoxy) is 2. The van der Waals surface area contributed by atoms with Crippen molar-refractivity contribution < 1.29 is 23.6 Å². The van der Waals surface area contributed by atoms with Crippen LogP contribution < -0.4 is 14.8 Å². The summed E-state index contributed by atoms with van der Waals surface area (Å²) in [5, 5.41) is 15.7. The van der Waals surface area contributed by atoms with E-state index < -0.39 is 10.7 Å². The second-order valence-electron chi connectivity index (χ2n) is 9.64. The molecule has 0 aliphatic rings. The number of benzene rings is 5. The van der Waals surface area contributed by atoms with Gasteiger partial charge in [0.15, 0.2) is 0 Å². The second kappa shape index (κ2) is 12.2. The maximum Gasteiger partial charge on any atom is 0.276 e. The molecule has 0 atom stereocenters. The van der Waals surface area contributed by atoms with E-state index in [-0.39, 0.29) is 23.1 Å². The minimum atomic E-state index is -0.565. The van der Waals surface area contributed by atoms with Crippen molar-refractivity contribution in [2.24, 2.45) is 0 Å². The molecule has 10 heteroatoms. The molecule has 0 spiro atoms. The van der Waals surface area contributed by atoms with Crippen LogP contribution in [0.5, 0.6) is 23.0 Å². The first-order valence-corrected chi connectivity index (χ1v) is 13.7. The van der Waals surface area contributed by atoms with E-state index in [0.29, 0.717) is 44.4 Å². The first-order chi connectivity index (χ1) is 21.3. The van der Waals surface area contributed by atoms with Gasteiger partial charge < -0.3 is 14.8 Å². The van der Waals surface area contributed by atoms with Gasteiger partial charge in [-0.15, -0.1) is 0 Å². The Kier molecular flexibility index (Phi) is 7.86. The number of nitro groups is 1. The lowest BCUT2D eigenvalue weighted by atomic mass is 10.0. The third kappa shape index (κ3) is 6.48. The summed E-state index contributed by atoms with van der Waals surface area (Å²) < 4.78 is 24.8.